The van der Waals surface area contributed by atoms with Gasteiger partial charge in [-0.2, -0.15) is 5.10 Å². The molecule has 0 unspecified atom stereocenters. The smallest absolute Gasteiger partial charge is 0.138 e. The van der Waals surface area contributed by atoms with E-state index >= 15 is 0 Å². The van der Waals surface area contributed by atoms with E-state index in [0.29, 0.717) is 25.4 Å². The van der Waals surface area contributed by atoms with Crippen LogP contribution in [0.25, 0.3) is 0 Å². The highest BCUT2D eigenvalue weighted by Crippen LogP contribution is 2.20. The Morgan fingerprint density at radius 3 is 3.00 bits per heavy atom. The minimum Gasteiger partial charge on any atom is -0.486 e. The van der Waals surface area contributed by atoms with Gasteiger partial charge in [-0.3, -0.25) is 9.58 Å². The monoisotopic (exact) mass is 291 g/mol. The predicted molar refractivity (Wildman–Crippen MR) is 75.3 cm³/mol. The van der Waals surface area contributed by atoms with E-state index in [0.717, 1.165) is 5.56 Å². The highest BCUT2D eigenvalue weighted by molar-refractivity contribution is 5.23. The molecule has 5 nitrogen and oxygen atoms in total. The summed E-state index contributed by atoms with van der Waals surface area (Å²) in [5, 5.41) is 14.2. The third kappa shape index (κ3) is 3.40. The van der Waals surface area contributed by atoms with Crippen LogP contribution in [-0.4, -0.2) is 45.1 Å². The van der Waals surface area contributed by atoms with E-state index in [2.05, 4.69) is 10.00 Å². The molecule has 0 bridgehead atoms. The Morgan fingerprint density at radius 2 is 2.29 bits per heavy atom. The number of likely N-dealkylation sites (tertiary alicyclic amines) is 1. The predicted octanol–water partition coefficient (Wildman–Crippen LogP) is 1.18. The second-order valence-electron chi connectivity index (χ2n) is 5.40. The Balaban J connectivity index is 1.60. The summed E-state index contributed by atoms with van der Waals surface area (Å²) in [6, 6.07) is 5.99. The van der Waals surface area contributed by atoms with Crippen molar-refractivity contribution in [2.24, 2.45) is 7.05 Å². The van der Waals surface area contributed by atoms with E-state index in [1.54, 1.807) is 16.8 Å². The summed E-state index contributed by atoms with van der Waals surface area (Å²) in [6.07, 6.45) is 2.84. The maximum Gasteiger partial charge on any atom is 0.138 e. The average Bonchev–Trinajstić information content (AvgIpc) is 2.97. The number of aryl methyl sites for hydroxylation is 1. The van der Waals surface area contributed by atoms with Crippen molar-refractivity contribution in [3.05, 3.63) is 48.0 Å². The number of aliphatic hydroxyl groups is 1. The van der Waals surface area contributed by atoms with Crippen LogP contribution < -0.4 is 4.74 Å². The van der Waals surface area contributed by atoms with Crippen LogP contribution in [0.4, 0.5) is 4.39 Å². The molecule has 2 atom stereocenters. The lowest BCUT2D eigenvalue weighted by molar-refractivity contribution is 0.0734. The minimum atomic E-state index is -0.579. The number of rotatable bonds is 4. The van der Waals surface area contributed by atoms with Crippen LogP contribution in [0, 0.1) is 5.82 Å². The molecule has 0 spiro atoms. The number of β-amino-alcohol motifs (C(OH)–C–C–N with tert-alkyl or cyclic N) is 1. The van der Waals surface area contributed by atoms with Crippen LogP contribution >= 0.6 is 0 Å². The highest BCUT2D eigenvalue weighted by Gasteiger charge is 2.33. The normalized spacial score (nSPS) is 22.6. The topological polar surface area (TPSA) is 50.5 Å². The first-order valence-electron chi connectivity index (χ1n) is 6.90. The van der Waals surface area contributed by atoms with Crippen molar-refractivity contribution in [1.29, 1.82) is 0 Å². The minimum absolute atomic E-state index is 0.341. The van der Waals surface area contributed by atoms with Crippen LogP contribution in [0.5, 0.6) is 5.75 Å². The van der Waals surface area contributed by atoms with Crippen molar-refractivity contribution in [3.63, 3.8) is 0 Å². The lowest BCUT2D eigenvalue weighted by Crippen LogP contribution is -2.29. The second kappa shape index (κ2) is 5.83. The number of aromatic nitrogens is 2. The van der Waals surface area contributed by atoms with Gasteiger partial charge < -0.3 is 9.84 Å². The van der Waals surface area contributed by atoms with Crippen LogP contribution in [0.15, 0.2) is 36.7 Å². The van der Waals surface area contributed by atoms with Gasteiger partial charge in [0, 0.05) is 44.5 Å². The van der Waals surface area contributed by atoms with Crippen molar-refractivity contribution in [1.82, 2.24) is 14.7 Å². The van der Waals surface area contributed by atoms with E-state index in [1.807, 2.05) is 19.4 Å². The van der Waals surface area contributed by atoms with Crippen molar-refractivity contribution in [2.75, 3.05) is 13.1 Å². The molecule has 3 rings (SSSR count). The van der Waals surface area contributed by atoms with Gasteiger partial charge >= 0.3 is 0 Å². The van der Waals surface area contributed by atoms with Crippen LogP contribution in [0.1, 0.15) is 5.56 Å². The Bertz CT molecular complexity index is 616. The fraction of sp³-hybridized carbons (Fsp3) is 0.400. The van der Waals surface area contributed by atoms with Crippen LogP contribution in [-0.2, 0) is 13.6 Å². The standard InChI is InChI=1S/C15H18FN3O2/c1-18-7-11(6-17-18)8-19-9-14(20)15(10-19)21-13-4-2-3-12(16)5-13/h2-7,14-15,20H,8-10H2,1H3/t14-,15-/m1/s1. The molecule has 1 aromatic heterocycles. The Morgan fingerprint density at radius 1 is 1.43 bits per heavy atom. The molecule has 2 heterocycles. The Labute approximate surface area is 122 Å². The summed E-state index contributed by atoms with van der Waals surface area (Å²) in [7, 11) is 1.87. The summed E-state index contributed by atoms with van der Waals surface area (Å²) < 4.78 is 20.6. The number of hydrogen-bond donors (Lipinski definition) is 1. The molecule has 2 aromatic rings. The average molecular weight is 291 g/mol. The zero-order valence-corrected chi connectivity index (χ0v) is 11.8. The molecular weight excluding hydrogens is 273 g/mol. The van der Waals surface area contributed by atoms with E-state index in [1.165, 1.54) is 12.1 Å². The number of halogens is 1. The molecule has 0 aliphatic carbocycles. The quantitative estimate of drug-likeness (QED) is 0.919. The Kier molecular flexibility index (Phi) is 3.90. The van der Waals surface area contributed by atoms with Gasteiger partial charge in [-0.25, -0.2) is 4.39 Å². The number of ether oxygens (including phenoxy) is 1. The molecule has 1 saturated heterocycles. The molecule has 0 radical (unpaired) electrons. The summed E-state index contributed by atoms with van der Waals surface area (Å²) in [5.41, 5.74) is 1.09. The lowest BCUT2D eigenvalue weighted by Gasteiger charge is -2.16. The zero-order chi connectivity index (χ0) is 14.8. The molecule has 1 aromatic carbocycles. The first-order chi connectivity index (χ1) is 10.1. The molecule has 21 heavy (non-hydrogen) atoms. The summed E-state index contributed by atoms with van der Waals surface area (Å²) in [4.78, 5) is 2.10. The SMILES string of the molecule is Cn1cc(CN2C[C@@H](O)[C@H](Oc3cccc(F)c3)C2)cn1. The number of hydrogen-bond acceptors (Lipinski definition) is 4. The van der Waals surface area contributed by atoms with Crippen molar-refractivity contribution in [2.45, 2.75) is 18.8 Å². The van der Waals surface area contributed by atoms with Gasteiger partial charge in [-0.05, 0) is 12.1 Å². The van der Waals surface area contributed by atoms with Crippen molar-refractivity contribution in [3.8, 4) is 5.75 Å². The van der Waals surface area contributed by atoms with Crippen molar-refractivity contribution < 1.29 is 14.2 Å². The molecule has 1 aliphatic rings. The number of aliphatic hydroxyl groups excluding tert-OH is 1. The molecule has 6 heteroatoms. The molecule has 1 fully saturated rings. The fourth-order valence-corrected chi connectivity index (χ4v) is 2.60. The maximum atomic E-state index is 13.1. The lowest BCUT2D eigenvalue weighted by atomic mass is 10.2. The van der Waals surface area contributed by atoms with Crippen molar-refractivity contribution >= 4 is 0 Å². The first kappa shape index (κ1) is 14.0. The molecule has 112 valence electrons. The molecule has 0 saturated carbocycles. The van der Waals surface area contributed by atoms with Gasteiger partial charge in [0.15, 0.2) is 0 Å². The first-order valence-corrected chi connectivity index (χ1v) is 6.90. The van der Waals surface area contributed by atoms with Crippen LogP contribution in [0.2, 0.25) is 0 Å². The third-order valence-corrected chi connectivity index (χ3v) is 3.56. The largest absolute Gasteiger partial charge is 0.486 e. The summed E-state index contributed by atoms with van der Waals surface area (Å²) in [6.45, 7) is 1.86. The van der Waals surface area contributed by atoms with Gasteiger partial charge in [0.05, 0.1) is 6.20 Å². The molecule has 1 aliphatic heterocycles. The van der Waals surface area contributed by atoms with Crippen LogP contribution in [0.3, 0.4) is 0 Å². The van der Waals surface area contributed by atoms with E-state index in [4.69, 9.17) is 4.74 Å². The molecule has 1 N–H and O–H groups in total. The number of benzene rings is 1. The maximum absolute atomic E-state index is 13.1. The zero-order valence-electron chi connectivity index (χ0n) is 11.8. The third-order valence-electron chi connectivity index (χ3n) is 3.56. The van der Waals surface area contributed by atoms with Gasteiger partial charge in [-0.15, -0.1) is 0 Å². The van der Waals surface area contributed by atoms with Gasteiger partial charge in [0.2, 0.25) is 0 Å². The molecular formula is C15H18FN3O2. The van der Waals surface area contributed by atoms with E-state index in [9.17, 15) is 9.50 Å². The summed E-state index contributed by atoms with van der Waals surface area (Å²) in [5.74, 6) is 0.106. The summed E-state index contributed by atoms with van der Waals surface area (Å²) >= 11 is 0. The highest BCUT2D eigenvalue weighted by atomic mass is 19.1. The molecule has 0 amide bonds. The Hall–Kier alpha value is -1.92. The number of nitrogens with zero attached hydrogens (tertiary/aromatic N) is 3. The van der Waals surface area contributed by atoms with E-state index in [-0.39, 0.29) is 11.9 Å². The van der Waals surface area contributed by atoms with Gasteiger partial charge in [0.1, 0.15) is 23.8 Å². The second-order valence-corrected chi connectivity index (χ2v) is 5.40. The fourth-order valence-electron chi connectivity index (χ4n) is 2.60. The van der Waals surface area contributed by atoms with E-state index < -0.39 is 6.10 Å². The van der Waals surface area contributed by atoms with Gasteiger partial charge in [-0.1, -0.05) is 6.07 Å². The van der Waals surface area contributed by atoms with Gasteiger partial charge in [0.25, 0.3) is 0 Å².